The Morgan fingerprint density at radius 1 is 0.696 bits per heavy atom. The third kappa shape index (κ3) is 2.34. The van der Waals surface area contributed by atoms with Crippen LogP contribution in [0.2, 0.25) is 0 Å². The lowest BCUT2D eigenvalue weighted by molar-refractivity contribution is 1.35. The molecule has 0 aliphatic carbocycles. The quantitative estimate of drug-likeness (QED) is 0.461. The zero-order valence-electron chi connectivity index (χ0n) is 13.9. The van der Waals surface area contributed by atoms with Gasteiger partial charge in [-0.1, -0.05) is 105 Å². The Morgan fingerprint density at radius 2 is 1.17 bits per heavy atom. The van der Waals surface area contributed by atoms with Crippen LogP contribution in [-0.2, 0) is 0 Å². The Balaban J connectivity index is 2.02. The SMILES string of the molecule is Cc1cc(C)c(B2c3ccccc3[B]c3ccccc32)c(C)c1. The molecule has 0 aromatic heterocycles. The van der Waals surface area contributed by atoms with E-state index in [1.807, 2.05) is 0 Å². The number of rotatable bonds is 1. The van der Waals surface area contributed by atoms with E-state index in [1.54, 1.807) is 0 Å². The summed E-state index contributed by atoms with van der Waals surface area (Å²) in [5, 5.41) is 0. The van der Waals surface area contributed by atoms with Gasteiger partial charge in [-0.3, -0.25) is 0 Å². The minimum atomic E-state index is 0.327. The lowest BCUT2D eigenvalue weighted by atomic mass is 9.27. The van der Waals surface area contributed by atoms with Crippen LogP contribution in [0.3, 0.4) is 0 Å². The van der Waals surface area contributed by atoms with E-state index in [4.69, 9.17) is 0 Å². The molecule has 0 amide bonds. The average Bonchev–Trinajstić information content (AvgIpc) is 2.53. The van der Waals surface area contributed by atoms with Crippen molar-refractivity contribution in [2.45, 2.75) is 20.8 Å². The van der Waals surface area contributed by atoms with Gasteiger partial charge in [-0.15, -0.1) is 0 Å². The molecular formula is C21H19B2. The Bertz CT molecular complexity index is 827. The standard InChI is InChI=1S/C21H19B2/c1-14-12-15(2)21(16(3)13-14)23-19-10-6-4-8-17(19)22-18-9-5-7-11-20(18)23/h4-13H,1-3H3. The normalized spacial score (nSPS) is 12.4. The van der Waals surface area contributed by atoms with Gasteiger partial charge in [0.15, 0.2) is 7.28 Å². The Hall–Kier alpha value is -2.21. The zero-order chi connectivity index (χ0) is 16.0. The summed E-state index contributed by atoms with van der Waals surface area (Å²) in [5.41, 5.74) is 11.1. The molecule has 0 bridgehead atoms. The van der Waals surface area contributed by atoms with E-state index in [2.05, 4.69) is 88.7 Å². The van der Waals surface area contributed by atoms with Gasteiger partial charge in [0.05, 0.1) is 0 Å². The monoisotopic (exact) mass is 293 g/mol. The number of hydrogen-bond donors (Lipinski definition) is 0. The summed E-state index contributed by atoms with van der Waals surface area (Å²) in [4.78, 5) is 0. The molecule has 0 N–H and O–H groups in total. The van der Waals surface area contributed by atoms with Crippen molar-refractivity contribution in [3.05, 3.63) is 77.4 Å². The molecule has 3 aromatic carbocycles. The largest absolute Gasteiger partial charge is 0.240 e. The molecule has 0 spiro atoms. The Morgan fingerprint density at radius 3 is 1.70 bits per heavy atom. The maximum absolute atomic E-state index is 2.32. The van der Waals surface area contributed by atoms with E-state index in [1.165, 1.54) is 44.0 Å². The van der Waals surface area contributed by atoms with Crippen LogP contribution in [0.1, 0.15) is 16.7 Å². The summed E-state index contributed by atoms with van der Waals surface area (Å²) in [7, 11) is 2.32. The van der Waals surface area contributed by atoms with Crippen molar-refractivity contribution in [3.8, 4) is 0 Å². The van der Waals surface area contributed by atoms with E-state index >= 15 is 0 Å². The lowest BCUT2D eigenvalue weighted by Crippen LogP contribution is -2.68. The molecule has 4 rings (SSSR count). The minimum Gasteiger partial charge on any atom is -0.0860 e. The van der Waals surface area contributed by atoms with Gasteiger partial charge in [-0.05, 0) is 20.8 Å². The molecule has 0 atom stereocenters. The van der Waals surface area contributed by atoms with E-state index in [-0.39, 0.29) is 0 Å². The van der Waals surface area contributed by atoms with Crippen LogP contribution < -0.4 is 27.3 Å². The van der Waals surface area contributed by atoms with Crippen LogP contribution in [0.25, 0.3) is 0 Å². The van der Waals surface area contributed by atoms with Crippen molar-refractivity contribution < 1.29 is 0 Å². The van der Waals surface area contributed by atoms with Crippen LogP contribution in [0.15, 0.2) is 60.7 Å². The third-order valence-corrected chi connectivity index (χ3v) is 4.95. The smallest absolute Gasteiger partial charge is 0.0860 e. The molecule has 23 heavy (non-hydrogen) atoms. The molecule has 0 unspecified atom stereocenters. The van der Waals surface area contributed by atoms with Crippen LogP contribution in [0.4, 0.5) is 0 Å². The molecule has 0 saturated heterocycles. The molecule has 1 aliphatic rings. The van der Waals surface area contributed by atoms with Gasteiger partial charge in [-0.25, -0.2) is 0 Å². The van der Waals surface area contributed by atoms with E-state index in [0.717, 1.165) is 0 Å². The molecular weight excluding hydrogens is 274 g/mol. The summed E-state index contributed by atoms with van der Waals surface area (Å²) in [5.74, 6) is 0. The van der Waals surface area contributed by atoms with Gasteiger partial charge in [0.25, 0.3) is 0 Å². The summed E-state index contributed by atoms with van der Waals surface area (Å²) in [6, 6.07) is 22.2. The highest BCUT2D eigenvalue weighted by atomic mass is 14.1. The fraction of sp³-hybridized carbons (Fsp3) is 0.143. The molecule has 2 heteroatoms. The summed E-state index contributed by atoms with van der Waals surface area (Å²) < 4.78 is 0. The maximum atomic E-state index is 2.32. The van der Waals surface area contributed by atoms with Crippen molar-refractivity contribution in [2.75, 3.05) is 0 Å². The van der Waals surface area contributed by atoms with Gasteiger partial charge < -0.3 is 0 Å². The second-order valence-electron chi connectivity index (χ2n) is 6.65. The molecule has 109 valence electrons. The third-order valence-electron chi connectivity index (χ3n) is 4.95. The van der Waals surface area contributed by atoms with E-state index in [9.17, 15) is 0 Å². The lowest BCUT2D eigenvalue weighted by Gasteiger charge is -2.28. The van der Waals surface area contributed by atoms with E-state index in [0.29, 0.717) is 6.71 Å². The van der Waals surface area contributed by atoms with E-state index < -0.39 is 0 Å². The Kier molecular flexibility index (Phi) is 3.41. The molecule has 3 aromatic rings. The van der Waals surface area contributed by atoms with Gasteiger partial charge in [-0.2, -0.15) is 0 Å². The number of fused-ring (bicyclic) bond motifs is 2. The highest BCUT2D eigenvalue weighted by Gasteiger charge is 2.32. The Labute approximate surface area is 139 Å². The first kappa shape index (κ1) is 14.4. The number of benzene rings is 3. The first-order valence-corrected chi connectivity index (χ1v) is 8.25. The van der Waals surface area contributed by atoms with Crippen LogP contribution in [-0.4, -0.2) is 14.0 Å². The maximum Gasteiger partial charge on any atom is 0.240 e. The molecule has 0 saturated carbocycles. The highest BCUT2D eigenvalue weighted by molar-refractivity contribution is 7.04. The van der Waals surface area contributed by atoms with Gasteiger partial charge in [0.1, 0.15) is 0 Å². The molecule has 1 heterocycles. The predicted molar refractivity (Wildman–Crippen MR) is 103 cm³/mol. The fourth-order valence-corrected chi connectivity index (χ4v) is 4.10. The second kappa shape index (κ2) is 5.45. The van der Waals surface area contributed by atoms with Crippen LogP contribution in [0.5, 0.6) is 0 Å². The highest BCUT2D eigenvalue weighted by Crippen LogP contribution is 2.08. The van der Waals surface area contributed by atoms with Crippen molar-refractivity contribution >= 4 is 41.3 Å². The molecule has 1 radical (unpaired) electrons. The number of hydrogen-bond acceptors (Lipinski definition) is 0. The summed E-state index contributed by atoms with van der Waals surface area (Å²) in [6.07, 6.45) is 0. The topological polar surface area (TPSA) is 0 Å². The second-order valence-corrected chi connectivity index (χ2v) is 6.65. The zero-order valence-corrected chi connectivity index (χ0v) is 13.9. The average molecular weight is 293 g/mol. The summed E-state index contributed by atoms with van der Waals surface area (Å²) in [6.45, 7) is 7.01. The molecule has 0 nitrogen and oxygen atoms in total. The van der Waals surface area contributed by atoms with Crippen molar-refractivity contribution in [3.63, 3.8) is 0 Å². The van der Waals surface area contributed by atoms with Crippen molar-refractivity contribution in [1.29, 1.82) is 0 Å². The minimum absolute atomic E-state index is 0.327. The van der Waals surface area contributed by atoms with Crippen molar-refractivity contribution in [2.24, 2.45) is 0 Å². The van der Waals surface area contributed by atoms with Gasteiger partial charge in [0.2, 0.25) is 6.71 Å². The van der Waals surface area contributed by atoms with Gasteiger partial charge >= 0.3 is 0 Å². The molecule has 1 aliphatic heterocycles. The number of aryl methyl sites for hydroxylation is 3. The van der Waals surface area contributed by atoms with Crippen LogP contribution >= 0.6 is 0 Å². The first-order chi connectivity index (χ1) is 11.1. The molecule has 0 fully saturated rings. The van der Waals surface area contributed by atoms with Crippen molar-refractivity contribution in [1.82, 2.24) is 0 Å². The fourth-order valence-electron chi connectivity index (χ4n) is 4.10. The van der Waals surface area contributed by atoms with Crippen LogP contribution in [0, 0.1) is 20.8 Å². The first-order valence-electron chi connectivity index (χ1n) is 8.25. The summed E-state index contributed by atoms with van der Waals surface area (Å²) >= 11 is 0. The predicted octanol–water partition coefficient (Wildman–Crippen LogP) is 1.10. The van der Waals surface area contributed by atoms with Gasteiger partial charge in [0, 0.05) is 0 Å².